The number of aliphatic hydroxyl groups excluding tert-OH is 1. The van der Waals surface area contributed by atoms with Crippen molar-refractivity contribution in [2.24, 2.45) is 5.92 Å². The number of hydrogen-bond acceptors (Lipinski definition) is 4. The highest BCUT2D eigenvalue weighted by atomic mass is 16.5. The van der Waals surface area contributed by atoms with Crippen LogP contribution in [0.5, 0.6) is 0 Å². The third-order valence-corrected chi connectivity index (χ3v) is 3.00. The molecule has 17 heavy (non-hydrogen) atoms. The lowest BCUT2D eigenvalue weighted by molar-refractivity contribution is 0.170. The summed E-state index contributed by atoms with van der Waals surface area (Å²) in [5.41, 5.74) is 0.772. The second-order valence-electron chi connectivity index (χ2n) is 4.51. The zero-order chi connectivity index (χ0) is 11.7. The van der Waals surface area contributed by atoms with Crippen molar-refractivity contribution in [3.05, 3.63) is 47.6 Å². The topological polar surface area (TPSA) is 59.2 Å². The molecule has 1 fully saturated rings. The Kier molecular flexibility index (Phi) is 2.65. The van der Waals surface area contributed by atoms with Crippen LogP contribution >= 0.6 is 0 Å². The summed E-state index contributed by atoms with van der Waals surface area (Å²) in [5.74, 6) is 1.71. The van der Waals surface area contributed by atoms with E-state index < -0.39 is 6.10 Å². The largest absolute Gasteiger partial charge is 0.378 e. The van der Waals surface area contributed by atoms with Crippen molar-refractivity contribution in [2.75, 3.05) is 0 Å². The minimum Gasteiger partial charge on any atom is -0.378 e. The highest BCUT2D eigenvalue weighted by molar-refractivity contribution is 5.21. The number of aliphatic hydroxyl groups is 1. The first-order valence-corrected chi connectivity index (χ1v) is 5.88. The van der Waals surface area contributed by atoms with Crippen LogP contribution in [0.15, 0.2) is 34.9 Å². The minimum absolute atomic E-state index is 0.284. The predicted octanol–water partition coefficient (Wildman–Crippen LogP) is 2.10. The Hall–Kier alpha value is -1.68. The summed E-state index contributed by atoms with van der Waals surface area (Å²) in [6.07, 6.45) is 2.55. The molecule has 1 aliphatic rings. The van der Waals surface area contributed by atoms with Crippen LogP contribution in [0.3, 0.4) is 0 Å². The van der Waals surface area contributed by atoms with Crippen LogP contribution in [0, 0.1) is 5.92 Å². The normalized spacial score (nSPS) is 17.0. The van der Waals surface area contributed by atoms with E-state index in [1.54, 1.807) is 0 Å². The highest BCUT2D eigenvalue weighted by Gasteiger charge is 2.25. The molecule has 1 aromatic carbocycles. The van der Waals surface area contributed by atoms with Crippen molar-refractivity contribution >= 4 is 0 Å². The molecule has 1 heterocycles. The van der Waals surface area contributed by atoms with E-state index in [1.165, 1.54) is 12.8 Å². The molecule has 4 nitrogen and oxygen atoms in total. The number of aromatic nitrogens is 2. The first-order chi connectivity index (χ1) is 8.33. The van der Waals surface area contributed by atoms with Gasteiger partial charge in [-0.1, -0.05) is 35.5 Å². The molecular formula is C13H14N2O2. The van der Waals surface area contributed by atoms with Gasteiger partial charge in [-0.05, 0) is 24.3 Å². The lowest BCUT2D eigenvalue weighted by Crippen LogP contribution is -2.00. The van der Waals surface area contributed by atoms with E-state index in [0.29, 0.717) is 11.7 Å². The van der Waals surface area contributed by atoms with Crippen LogP contribution in [0.2, 0.25) is 0 Å². The minimum atomic E-state index is -0.823. The molecule has 0 spiro atoms. The molecule has 2 aromatic rings. The highest BCUT2D eigenvalue weighted by Crippen LogP contribution is 2.32. The maximum atomic E-state index is 10.1. The summed E-state index contributed by atoms with van der Waals surface area (Å²) in [4.78, 5) is 4.24. The standard InChI is InChI=1S/C13H14N2O2/c16-12(10-4-2-1-3-5-10)13-14-11(15-17-13)8-9-6-7-9/h1-5,9,12,16H,6-8H2. The molecule has 1 N–H and O–H groups in total. The third kappa shape index (κ3) is 2.36. The molecule has 1 aromatic heterocycles. The second-order valence-corrected chi connectivity index (χ2v) is 4.51. The Morgan fingerprint density at radius 3 is 2.76 bits per heavy atom. The van der Waals surface area contributed by atoms with Crippen LogP contribution in [0.25, 0.3) is 0 Å². The molecule has 1 aliphatic carbocycles. The lowest BCUT2D eigenvalue weighted by Gasteiger charge is -2.04. The third-order valence-electron chi connectivity index (χ3n) is 3.00. The number of hydrogen-bond donors (Lipinski definition) is 1. The van der Waals surface area contributed by atoms with Gasteiger partial charge in [0.2, 0.25) is 0 Å². The molecule has 0 bridgehead atoms. The summed E-state index contributed by atoms with van der Waals surface area (Å²) in [6, 6.07) is 9.34. The van der Waals surface area contributed by atoms with Crippen molar-refractivity contribution < 1.29 is 9.63 Å². The average Bonchev–Trinajstić information content (AvgIpc) is 3.06. The second kappa shape index (κ2) is 4.30. The van der Waals surface area contributed by atoms with Crippen LogP contribution < -0.4 is 0 Å². The zero-order valence-electron chi connectivity index (χ0n) is 9.41. The van der Waals surface area contributed by atoms with Gasteiger partial charge in [-0.3, -0.25) is 0 Å². The molecule has 0 aliphatic heterocycles. The van der Waals surface area contributed by atoms with Crippen molar-refractivity contribution in [2.45, 2.75) is 25.4 Å². The van der Waals surface area contributed by atoms with Gasteiger partial charge in [0.1, 0.15) is 0 Å². The van der Waals surface area contributed by atoms with Gasteiger partial charge >= 0.3 is 0 Å². The first kappa shape index (κ1) is 10.5. The van der Waals surface area contributed by atoms with Gasteiger partial charge in [0.15, 0.2) is 11.9 Å². The Morgan fingerprint density at radius 2 is 2.06 bits per heavy atom. The number of nitrogens with zero attached hydrogens (tertiary/aromatic N) is 2. The fourth-order valence-corrected chi connectivity index (χ4v) is 1.82. The maximum Gasteiger partial charge on any atom is 0.260 e. The van der Waals surface area contributed by atoms with Crippen molar-refractivity contribution in [1.82, 2.24) is 10.1 Å². The lowest BCUT2D eigenvalue weighted by atomic mass is 10.1. The summed E-state index contributed by atoms with van der Waals surface area (Å²) in [5, 5.41) is 14.0. The van der Waals surface area contributed by atoms with Gasteiger partial charge in [0.25, 0.3) is 5.89 Å². The molecule has 0 radical (unpaired) electrons. The Bertz CT molecular complexity index is 491. The maximum absolute atomic E-state index is 10.1. The van der Waals surface area contributed by atoms with Gasteiger partial charge in [-0.2, -0.15) is 4.98 Å². The quantitative estimate of drug-likeness (QED) is 0.873. The Morgan fingerprint density at radius 1 is 1.29 bits per heavy atom. The first-order valence-electron chi connectivity index (χ1n) is 5.88. The SMILES string of the molecule is OC(c1ccccc1)c1nc(CC2CC2)no1. The van der Waals surface area contributed by atoms with Crippen LogP contribution in [0.4, 0.5) is 0 Å². The van der Waals surface area contributed by atoms with Crippen LogP contribution in [-0.2, 0) is 6.42 Å². The molecule has 1 unspecified atom stereocenters. The summed E-state index contributed by atoms with van der Waals surface area (Å²) in [7, 11) is 0. The molecule has 88 valence electrons. The molecule has 1 saturated carbocycles. The monoisotopic (exact) mass is 230 g/mol. The van der Waals surface area contributed by atoms with Gasteiger partial charge in [-0.15, -0.1) is 0 Å². The molecule has 1 atom stereocenters. The van der Waals surface area contributed by atoms with Gasteiger partial charge in [-0.25, -0.2) is 0 Å². The predicted molar refractivity (Wildman–Crippen MR) is 61.2 cm³/mol. The Balaban J connectivity index is 1.76. The fourth-order valence-electron chi connectivity index (χ4n) is 1.82. The number of benzene rings is 1. The van der Waals surface area contributed by atoms with E-state index in [1.807, 2.05) is 30.3 Å². The van der Waals surface area contributed by atoms with Crippen molar-refractivity contribution in [1.29, 1.82) is 0 Å². The van der Waals surface area contributed by atoms with Crippen LogP contribution in [-0.4, -0.2) is 15.2 Å². The smallest absolute Gasteiger partial charge is 0.260 e. The number of rotatable bonds is 4. The Labute approximate surface area is 99.3 Å². The van der Waals surface area contributed by atoms with Crippen LogP contribution in [0.1, 0.15) is 36.2 Å². The average molecular weight is 230 g/mol. The van der Waals surface area contributed by atoms with Gasteiger partial charge in [0.05, 0.1) is 0 Å². The van der Waals surface area contributed by atoms with Gasteiger partial charge < -0.3 is 9.63 Å². The molecule has 3 rings (SSSR count). The van der Waals surface area contributed by atoms with E-state index in [-0.39, 0.29) is 5.89 Å². The summed E-state index contributed by atoms with van der Waals surface area (Å²) in [6.45, 7) is 0. The molecule has 0 amide bonds. The van der Waals surface area contributed by atoms with E-state index in [4.69, 9.17) is 4.52 Å². The van der Waals surface area contributed by atoms with E-state index in [0.717, 1.165) is 12.0 Å². The molecular weight excluding hydrogens is 216 g/mol. The zero-order valence-corrected chi connectivity index (χ0v) is 9.41. The fraction of sp³-hybridized carbons (Fsp3) is 0.385. The van der Waals surface area contributed by atoms with E-state index in [9.17, 15) is 5.11 Å². The summed E-state index contributed by atoms with van der Waals surface area (Å²) < 4.78 is 5.10. The van der Waals surface area contributed by atoms with Gasteiger partial charge in [0, 0.05) is 6.42 Å². The summed E-state index contributed by atoms with van der Waals surface area (Å²) >= 11 is 0. The van der Waals surface area contributed by atoms with Crippen molar-refractivity contribution in [3.8, 4) is 0 Å². The van der Waals surface area contributed by atoms with E-state index >= 15 is 0 Å². The molecule has 4 heteroatoms. The molecule has 0 saturated heterocycles. The van der Waals surface area contributed by atoms with Crippen molar-refractivity contribution in [3.63, 3.8) is 0 Å². The van der Waals surface area contributed by atoms with E-state index in [2.05, 4.69) is 10.1 Å².